The minimum Gasteiger partial charge on any atom is -0.481 e. The summed E-state index contributed by atoms with van der Waals surface area (Å²) in [7, 11) is 1.41. The van der Waals surface area contributed by atoms with Crippen LogP contribution in [0.2, 0.25) is 0 Å². The van der Waals surface area contributed by atoms with Crippen molar-refractivity contribution < 1.29 is 34.3 Å². The van der Waals surface area contributed by atoms with Crippen LogP contribution in [0.25, 0.3) is 0 Å². The predicted octanol–water partition coefficient (Wildman–Crippen LogP) is 2.01. The molecule has 0 aromatic heterocycles. The molecule has 0 atom stereocenters. The van der Waals surface area contributed by atoms with Gasteiger partial charge in [0.05, 0.1) is 16.3 Å². The van der Waals surface area contributed by atoms with Gasteiger partial charge in [-0.2, -0.15) is 0 Å². The second-order valence-electron chi connectivity index (χ2n) is 5.95. The van der Waals surface area contributed by atoms with Gasteiger partial charge in [-0.25, -0.2) is 0 Å². The van der Waals surface area contributed by atoms with Crippen LogP contribution in [-0.4, -0.2) is 45.9 Å². The molecule has 0 aliphatic carbocycles. The first-order valence-corrected chi connectivity index (χ1v) is 8.40. The summed E-state index contributed by atoms with van der Waals surface area (Å²) in [5, 5.41) is 30.7. The molecule has 0 spiro atoms. The third-order valence-electron chi connectivity index (χ3n) is 3.78. The largest absolute Gasteiger partial charge is 0.481 e. The maximum Gasteiger partial charge on any atom is 0.303 e. The molecule has 1 aromatic rings. The van der Waals surface area contributed by atoms with Crippen molar-refractivity contribution in [3.8, 4) is 0 Å². The number of carboxylic acids is 2. The Labute approximate surface area is 160 Å². The number of nitrogens with zero attached hydrogens (tertiary/aromatic N) is 2. The van der Waals surface area contributed by atoms with Crippen molar-refractivity contribution in [1.82, 2.24) is 0 Å². The van der Waals surface area contributed by atoms with Crippen LogP contribution in [0.4, 0.5) is 17.1 Å². The molecule has 0 radical (unpaired) electrons. The lowest BCUT2D eigenvalue weighted by Gasteiger charge is -2.21. The highest BCUT2D eigenvalue weighted by atomic mass is 16.6. The Balaban J connectivity index is 2.95. The maximum atomic E-state index is 12.2. The number of carbonyl (C=O) groups excluding carboxylic acids is 2. The summed E-state index contributed by atoms with van der Waals surface area (Å²) in [5.41, 5.74) is -0.0579. The number of benzene rings is 1. The molecule has 2 amide bonds. The van der Waals surface area contributed by atoms with E-state index < -0.39 is 28.7 Å². The highest BCUT2D eigenvalue weighted by Crippen LogP contribution is 2.30. The zero-order valence-electron chi connectivity index (χ0n) is 15.2. The highest BCUT2D eigenvalue weighted by molar-refractivity contribution is 6.01. The number of hydrogen-bond acceptors (Lipinski definition) is 6. The summed E-state index contributed by atoms with van der Waals surface area (Å²) in [6, 6.07) is 3.59. The molecule has 1 aromatic carbocycles. The predicted molar refractivity (Wildman–Crippen MR) is 98.1 cm³/mol. The van der Waals surface area contributed by atoms with E-state index in [0.717, 1.165) is 6.07 Å². The SMILES string of the molecule is CN(C(=O)CCCC(=O)O)c1ccc([N+](=O)[O-])cc1NC(=O)CCCC(=O)O. The van der Waals surface area contributed by atoms with Crippen LogP contribution in [0.3, 0.4) is 0 Å². The smallest absolute Gasteiger partial charge is 0.303 e. The number of amides is 2. The topological polar surface area (TPSA) is 167 Å². The van der Waals surface area contributed by atoms with E-state index >= 15 is 0 Å². The number of carboxylic acid groups (broad SMARTS) is 2. The van der Waals surface area contributed by atoms with Crippen molar-refractivity contribution in [2.75, 3.05) is 17.3 Å². The second-order valence-corrected chi connectivity index (χ2v) is 5.95. The fourth-order valence-corrected chi connectivity index (χ4v) is 2.34. The number of nitrogens with one attached hydrogen (secondary N) is 1. The van der Waals surface area contributed by atoms with Crippen molar-refractivity contribution in [2.45, 2.75) is 38.5 Å². The molecule has 0 saturated heterocycles. The first kappa shape index (κ1) is 22.5. The van der Waals surface area contributed by atoms with Gasteiger partial charge in [-0.3, -0.25) is 29.3 Å². The highest BCUT2D eigenvalue weighted by Gasteiger charge is 2.19. The van der Waals surface area contributed by atoms with Crippen LogP contribution in [0.15, 0.2) is 18.2 Å². The zero-order chi connectivity index (χ0) is 21.3. The summed E-state index contributed by atoms with van der Waals surface area (Å²) in [6.07, 6.45) is -0.307. The van der Waals surface area contributed by atoms with Gasteiger partial charge >= 0.3 is 11.9 Å². The zero-order valence-corrected chi connectivity index (χ0v) is 15.2. The van der Waals surface area contributed by atoms with Crippen LogP contribution in [-0.2, 0) is 19.2 Å². The molecule has 152 valence electrons. The minimum atomic E-state index is -1.05. The van der Waals surface area contributed by atoms with Crippen molar-refractivity contribution in [3.63, 3.8) is 0 Å². The molecule has 0 aliphatic rings. The van der Waals surface area contributed by atoms with Crippen molar-refractivity contribution in [2.24, 2.45) is 0 Å². The minimum absolute atomic E-state index is 0.0311. The first-order valence-electron chi connectivity index (χ1n) is 8.40. The van der Waals surface area contributed by atoms with E-state index in [4.69, 9.17) is 10.2 Å². The van der Waals surface area contributed by atoms with Crippen LogP contribution in [0.1, 0.15) is 38.5 Å². The van der Waals surface area contributed by atoms with Crippen LogP contribution in [0, 0.1) is 10.1 Å². The molecule has 28 heavy (non-hydrogen) atoms. The molecule has 11 heteroatoms. The first-order chi connectivity index (χ1) is 13.1. The average Bonchev–Trinajstić information content (AvgIpc) is 2.60. The quantitative estimate of drug-likeness (QED) is 0.378. The van der Waals surface area contributed by atoms with Gasteiger partial charge in [0, 0.05) is 44.9 Å². The summed E-state index contributed by atoms with van der Waals surface area (Å²) in [5.74, 6) is -3.04. The Morgan fingerprint density at radius 3 is 2.14 bits per heavy atom. The number of non-ortho nitro benzene ring substituents is 1. The lowest BCUT2D eigenvalue weighted by molar-refractivity contribution is -0.384. The lowest BCUT2D eigenvalue weighted by atomic mass is 10.1. The Morgan fingerprint density at radius 2 is 1.61 bits per heavy atom. The Bertz CT molecular complexity index is 778. The Hall–Kier alpha value is -3.50. The van der Waals surface area contributed by atoms with E-state index in [0.29, 0.717) is 0 Å². The van der Waals surface area contributed by atoms with Crippen LogP contribution >= 0.6 is 0 Å². The van der Waals surface area contributed by atoms with Gasteiger partial charge in [0.2, 0.25) is 11.8 Å². The van der Waals surface area contributed by atoms with Crippen molar-refractivity contribution in [1.29, 1.82) is 0 Å². The van der Waals surface area contributed by atoms with Crippen molar-refractivity contribution in [3.05, 3.63) is 28.3 Å². The van der Waals surface area contributed by atoms with Crippen molar-refractivity contribution >= 4 is 40.8 Å². The summed E-state index contributed by atoms with van der Waals surface area (Å²) >= 11 is 0. The van der Waals surface area contributed by atoms with Gasteiger partial charge in [0.25, 0.3) is 5.69 Å². The Kier molecular flexibility index (Phi) is 8.53. The number of anilines is 2. The van der Waals surface area contributed by atoms with Crippen LogP contribution in [0.5, 0.6) is 0 Å². The summed E-state index contributed by atoms with van der Waals surface area (Å²) < 4.78 is 0. The number of carbonyl (C=O) groups is 4. The molecule has 0 bridgehead atoms. The van der Waals surface area contributed by atoms with Gasteiger partial charge in [-0.05, 0) is 18.9 Å². The van der Waals surface area contributed by atoms with Gasteiger partial charge in [-0.1, -0.05) is 0 Å². The lowest BCUT2D eigenvalue weighted by Crippen LogP contribution is -2.27. The number of hydrogen-bond donors (Lipinski definition) is 3. The van der Waals surface area contributed by atoms with Gasteiger partial charge < -0.3 is 20.4 Å². The third-order valence-corrected chi connectivity index (χ3v) is 3.78. The van der Waals surface area contributed by atoms with E-state index in [-0.39, 0.29) is 55.6 Å². The molecule has 0 saturated carbocycles. The summed E-state index contributed by atoms with van der Waals surface area (Å²) in [4.78, 5) is 56.9. The summed E-state index contributed by atoms with van der Waals surface area (Å²) in [6.45, 7) is 0. The van der Waals surface area contributed by atoms with Gasteiger partial charge in [0.1, 0.15) is 0 Å². The van der Waals surface area contributed by atoms with E-state index in [9.17, 15) is 29.3 Å². The van der Waals surface area contributed by atoms with E-state index in [2.05, 4.69) is 5.32 Å². The Morgan fingerprint density at radius 1 is 1.04 bits per heavy atom. The molecule has 0 fully saturated rings. The molecular weight excluding hydrogens is 374 g/mol. The van der Waals surface area contributed by atoms with Crippen LogP contribution < -0.4 is 10.2 Å². The molecule has 11 nitrogen and oxygen atoms in total. The molecule has 0 unspecified atom stereocenters. The van der Waals surface area contributed by atoms with E-state index in [1.165, 1.54) is 24.1 Å². The standard InChI is InChI=1S/C17H21N3O8/c1-19(15(22)5-3-7-17(25)26)13-9-8-11(20(27)28)10-12(13)18-14(21)4-2-6-16(23)24/h8-10H,2-7H2,1H3,(H,18,21)(H,23,24)(H,25,26). The number of rotatable bonds is 11. The second kappa shape index (κ2) is 10.6. The molecule has 3 N–H and O–H groups in total. The fraction of sp³-hybridized carbons (Fsp3) is 0.412. The average molecular weight is 395 g/mol. The number of nitro groups is 1. The van der Waals surface area contributed by atoms with E-state index in [1.807, 2.05) is 0 Å². The van der Waals surface area contributed by atoms with Gasteiger partial charge in [-0.15, -0.1) is 0 Å². The third kappa shape index (κ3) is 7.40. The number of aliphatic carboxylic acids is 2. The molecule has 1 rings (SSSR count). The number of nitro benzene ring substituents is 1. The molecule has 0 heterocycles. The molecular formula is C17H21N3O8. The monoisotopic (exact) mass is 395 g/mol. The van der Waals surface area contributed by atoms with Gasteiger partial charge in [0.15, 0.2) is 0 Å². The fourth-order valence-electron chi connectivity index (χ4n) is 2.34. The van der Waals surface area contributed by atoms with E-state index in [1.54, 1.807) is 0 Å². The normalized spacial score (nSPS) is 10.2. The molecule has 0 aliphatic heterocycles. The maximum absolute atomic E-state index is 12.2.